The summed E-state index contributed by atoms with van der Waals surface area (Å²) < 4.78 is 29.2. The number of rotatable bonds is 8. The Kier molecular flexibility index (Phi) is 6.85. The van der Waals surface area contributed by atoms with E-state index in [-0.39, 0.29) is 32.5 Å². The molecule has 10 heteroatoms. The smallest absolute Gasteiger partial charge is 0.407 e. The number of hydrogen-bond donors (Lipinski definition) is 2. The Morgan fingerprint density at radius 3 is 1.86 bits per heavy atom. The van der Waals surface area contributed by atoms with E-state index in [2.05, 4.69) is 10.6 Å². The van der Waals surface area contributed by atoms with Crippen LogP contribution in [0.25, 0.3) is 0 Å². The maximum absolute atomic E-state index is 12.3. The van der Waals surface area contributed by atoms with Crippen LogP contribution in [0.2, 0.25) is 0 Å². The Morgan fingerprint density at radius 1 is 0.833 bits per heavy atom. The standard InChI is InChI=1S/C26H31N3O7/c1-25(16-27-23(30)33-13-18-9-5-3-6-10-18)21-29-20(15-32-21)35-26(2,22(29)36-25)17-28-24(31)34-14-19-11-7-4-8-12-19/h3-12,20-22H,13-17H2,1-2H3,(H,27,30)(H,28,31)/t20-,21-,22-,25+,26+/m0/s1. The third kappa shape index (κ3) is 5.03. The van der Waals surface area contributed by atoms with Gasteiger partial charge in [0.25, 0.3) is 0 Å². The van der Waals surface area contributed by atoms with Crippen molar-refractivity contribution in [3.05, 3.63) is 71.8 Å². The minimum absolute atomic E-state index is 0.180. The molecule has 3 aliphatic heterocycles. The molecule has 2 amide bonds. The molecule has 3 fully saturated rings. The summed E-state index contributed by atoms with van der Waals surface area (Å²) in [5.41, 5.74) is 0.149. The number of carbonyl (C=O) groups is 2. The van der Waals surface area contributed by atoms with Crippen molar-refractivity contribution in [2.24, 2.45) is 0 Å². The lowest BCUT2D eigenvalue weighted by Crippen LogP contribution is -2.51. The molecule has 36 heavy (non-hydrogen) atoms. The summed E-state index contributed by atoms with van der Waals surface area (Å²) in [6.07, 6.45) is -2.26. The summed E-state index contributed by atoms with van der Waals surface area (Å²) in [6.45, 7) is 4.88. The van der Waals surface area contributed by atoms with Gasteiger partial charge in [0.05, 0.1) is 19.7 Å². The van der Waals surface area contributed by atoms with Gasteiger partial charge in [0.2, 0.25) is 0 Å². The normalized spacial score (nSPS) is 30.6. The van der Waals surface area contributed by atoms with E-state index in [1.54, 1.807) is 0 Å². The number of nitrogens with one attached hydrogen (secondary N) is 2. The number of carbonyl (C=O) groups excluding carboxylic acids is 2. The fraction of sp³-hybridized carbons (Fsp3) is 0.462. The average Bonchev–Trinajstić information content (AvgIpc) is 3.53. The molecule has 5 atom stereocenters. The molecule has 0 saturated carbocycles. The highest BCUT2D eigenvalue weighted by atomic mass is 16.7. The van der Waals surface area contributed by atoms with Crippen molar-refractivity contribution in [1.29, 1.82) is 0 Å². The van der Waals surface area contributed by atoms with Crippen LogP contribution in [-0.2, 0) is 36.9 Å². The zero-order valence-electron chi connectivity index (χ0n) is 20.3. The molecule has 3 heterocycles. The molecule has 0 bridgehead atoms. The van der Waals surface area contributed by atoms with Gasteiger partial charge in [0.1, 0.15) is 43.1 Å². The van der Waals surface area contributed by atoms with Crippen LogP contribution in [0.1, 0.15) is 25.0 Å². The van der Waals surface area contributed by atoms with E-state index in [1.807, 2.05) is 79.4 Å². The number of benzene rings is 2. The molecule has 3 aliphatic rings. The first-order valence-electron chi connectivity index (χ1n) is 12.0. The van der Waals surface area contributed by atoms with Gasteiger partial charge in [-0.3, -0.25) is 0 Å². The Bertz CT molecular complexity index is 1010. The topological polar surface area (TPSA) is 108 Å². The van der Waals surface area contributed by atoms with E-state index in [9.17, 15) is 9.59 Å². The second-order valence-corrected chi connectivity index (χ2v) is 9.63. The molecule has 0 spiro atoms. The molecule has 0 aliphatic carbocycles. The number of hydrogen-bond acceptors (Lipinski definition) is 8. The van der Waals surface area contributed by atoms with E-state index in [0.717, 1.165) is 11.1 Å². The van der Waals surface area contributed by atoms with Crippen LogP contribution >= 0.6 is 0 Å². The average molecular weight is 498 g/mol. The van der Waals surface area contributed by atoms with Crippen LogP contribution in [0.15, 0.2) is 60.7 Å². The predicted molar refractivity (Wildman–Crippen MR) is 127 cm³/mol. The summed E-state index contributed by atoms with van der Waals surface area (Å²) in [6, 6.07) is 18.9. The number of alkyl carbamates (subject to hydrolysis) is 2. The molecule has 0 unspecified atom stereocenters. The van der Waals surface area contributed by atoms with E-state index >= 15 is 0 Å². The highest BCUT2D eigenvalue weighted by Gasteiger charge is 2.67. The Balaban J connectivity index is 1.14. The van der Waals surface area contributed by atoms with E-state index < -0.39 is 35.8 Å². The highest BCUT2D eigenvalue weighted by molar-refractivity contribution is 5.67. The van der Waals surface area contributed by atoms with Crippen LogP contribution < -0.4 is 10.6 Å². The van der Waals surface area contributed by atoms with Crippen molar-refractivity contribution < 1.29 is 33.3 Å². The van der Waals surface area contributed by atoms with Crippen LogP contribution in [0.4, 0.5) is 9.59 Å². The molecule has 0 aromatic heterocycles. The maximum Gasteiger partial charge on any atom is 0.407 e. The summed E-state index contributed by atoms with van der Waals surface area (Å²) in [5.74, 6) is 0. The van der Waals surface area contributed by atoms with Gasteiger partial charge in [-0.2, -0.15) is 0 Å². The fourth-order valence-corrected chi connectivity index (χ4v) is 4.84. The Morgan fingerprint density at radius 2 is 1.33 bits per heavy atom. The van der Waals surface area contributed by atoms with Gasteiger partial charge >= 0.3 is 12.2 Å². The largest absolute Gasteiger partial charge is 0.445 e. The first kappa shape index (κ1) is 24.5. The van der Waals surface area contributed by atoms with Gasteiger partial charge in [-0.15, -0.1) is 0 Å². The lowest BCUT2D eigenvalue weighted by molar-refractivity contribution is -0.127. The van der Waals surface area contributed by atoms with E-state index in [0.29, 0.717) is 6.61 Å². The summed E-state index contributed by atoms with van der Waals surface area (Å²) >= 11 is 0. The van der Waals surface area contributed by atoms with Crippen molar-refractivity contribution in [3.63, 3.8) is 0 Å². The van der Waals surface area contributed by atoms with Crippen molar-refractivity contribution >= 4 is 12.2 Å². The van der Waals surface area contributed by atoms with E-state index in [4.69, 9.17) is 23.7 Å². The van der Waals surface area contributed by atoms with Gasteiger partial charge in [-0.05, 0) is 25.0 Å². The van der Waals surface area contributed by atoms with Crippen LogP contribution in [-0.4, -0.2) is 66.7 Å². The molecule has 2 N–H and O–H groups in total. The highest BCUT2D eigenvalue weighted by Crippen LogP contribution is 2.48. The lowest BCUT2D eigenvalue weighted by atomic mass is 10.1. The summed E-state index contributed by atoms with van der Waals surface area (Å²) in [7, 11) is 0. The molecule has 192 valence electrons. The fourth-order valence-electron chi connectivity index (χ4n) is 4.84. The Hall–Kier alpha value is -3.18. The molecular weight excluding hydrogens is 466 g/mol. The lowest BCUT2D eigenvalue weighted by Gasteiger charge is -2.32. The quantitative estimate of drug-likeness (QED) is 0.573. The first-order chi connectivity index (χ1) is 17.4. The van der Waals surface area contributed by atoms with Gasteiger partial charge in [0, 0.05) is 0 Å². The maximum atomic E-state index is 12.3. The van der Waals surface area contributed by atoms with Gasteiger partial charge in [0.15, 0.2) is 0 Å². The van der Waals surface area contributed by atoms with Crippen LogP contribution in [0.5, 0.6) is 0 Å². The Labute approximate surface area is 209 Å². The third-order valence-corrected chi connectivity index (χ3v) is 6.69. The number of amides is 2. The summed E-state index contributed by atoms with van der Waals surface area (Å²) in [5, 5.41) is 5.59. The van der Waals surface area contributed by atoms with Crippen LogP contribution in [0.3, 0.4) is 0 Å². The molecule has 3 saturated heterocycles. The second kappa shape index (κ2) is 10.1. The monoisotopic (exact) mass is 497 g/mol. The molecular formula is C26H31N3O7. The zero-order chi connectivity index (χ0) is 25.2. The SMILES string of the molecule is C[C@]1(CNC(=O)OCc2ccccc2)O[C@H]2CO[C@@H]3N2[C@H]1O[C@]3(C)CNC(=O)OCc1ccccc1. The van der Waals surface area contributed by atoms with Gasteiger partial charge in [-0.25, -0.2) is 14.5 Å². The van der Waals surface area contributed by atoms with Crippen LogP contribution in [0, 0.1) is 0 Å². The molecule has 2 aromatic carbocycles. The first-order valence-corrected chi connectivity index (χ1v) is 12.0. The second-order valence-electron chi connectivity index (χ2n) is 9.63. The molecule has 2 aromatic rings. The number of ether oxygens (including phenoxy) is 5. The number of nitrogens with zero attached hydrogens (tertiary/aromatic N) is 1. The van der Waals surface area contributed by atoms with Crippen molar-refractivity contribution in [2.75, 3.05) is 19.7 Å². The summed E-state index contributed by atoms with van der Waals surface area (Å²) in [4.78, 5) is 26.6. The zero-order valence-corrected chi connectivity index (χ0v) is 20.3. The van der Waals surface area contributed by atoms with Gasteiger partial charge in [-0.1, -0.05) is 60.7 Å². The predicted octanol–water partition coefficient (Wildman–Crippen LogP) is 2.73. The minimum Gasteiger partial charge on any atom is -0.445 e. The minimum atomic E-state index is -0.829. The molecule has 5 rings (SSSR count). The molecule has 0 radical (unpaired) electrons. The van der Waals surface area contributed by atoms with Crippen molar-refractivity contribution in [2.45, 2.75) is 56.9 Å². The van der Waals surface area contributed by atoms with Crippen molar-refractivity contribution in [1.82, 2.24) is 15.5 Å². The molecule has 10 nitrogen and oxygen atoms in total. The van der Waals surface area contributed by atoms with Crippen molar-refractivity contribution in [3.8, 4) is 0 Å². The third-order valence-electron chi connectivity index (χ3n) is 6.69. The van der Waals surface area contributed by atoms with E-state index in [1.165, 1.54) is 0 Å². The van der Waals surface area contributed by atoms with Gasteiger partial charge < -0.3 is 34.3 Å².